The number of likely N-dealkylation sites (N-methyl/N-ethyl adjacent to an activating group) is 1. The minimum Gasteiger partial charge on any atom is -0.490 e. The molecule has 4 rings (SSSR count). The Morgan fingerprint density at radius 1 is 1.02 bits per heavy atom. The summed E-state index contributed by atoms with van der Waals surface area (Å²) in [5.74, 6) is -1.32. The van der Waals surface area contributed by atoms with Crippen LogP contribution < -0.4 is 15.4 Å². The molecule has 4 atom stereocenters. The summed E-state index contributed by atoms with van der Waals surface area (Å²) in [6.45, 7) is 5.18. The Morgan fingerprint density at radius 2 is 1.65 bits per heavy atom. The molecule has 0 unspecified atom stereocenters. The molecule has 3 amide bonds. The molecule has 16 heteroatoms. The SMILES string of the molecule is C[C@@H]1CN([C@H](C)CO)C(=O)c2cc(NC(=O)Nc3ccc(C(F)(F)F)cc3)ccc2O[C@@H](C)CCCCO[C@@H]1CN(C)S(=O)(=O)c1ccc(F)cc1. The topological polar surface area (TPSA) is 138 Å². The summed E-state index contributed by atoms with van der Waals surface area (Å²) in [6, 6.07) is 11.4. The van der Waals surface area contributed by atoms with Gasteiger partial charge in [0.15, 0.2) is 0 Å². The van der Waals surface area contributed by atoms with E-state index in [1.807, 2.05) is 13.8 Å². The number of anilines is 2. The van der Waals surface area contributed by atoms with E-state index in [4.69, 9.17) is 9.47 Å². The number of hydrogen-bond donors (Lipinski definition) is 3. The van der Waals surface area contributed by atoms with Crippen LogP contribution in [0.3, 0.4) is 0 Å². The van der Waals surface area contributed by atoms with Crippen LogP contribution in [-0.2, 0) is 20.9 Å². The van der Waals surface area contributed by atoms with Crippen LogP contribution in [0.25, 0.3) is 0 Å². The fraction of sp³-hybridized carbons (Fsp3) is 0.444. The molecule has 0 aliphatic carbocycles. The van der Waals surface area contributed by atoms with Crippen LogP contribution in [0.5, 0.6) is 5.75 Å². The molecule has 52 heavy (non-hydrogen) atoms. The van der Waals surface area contributed by atoms with Gasteiger partial charge in [-0.25, -0.2) is 17.6 Å². The second kappa shape index (κ2) is 17.5. The van der Waals surface area contributed by atoms with Crippen molar-refractivity contribution in [2.24, 2.45) is 5.92 Å². The Balaban J connectivity index is 1.60. The number of sulfonamides is 1. The summed E-state index contributed by atoms with van der Waals surface area (Å²) >= 11 is 0. The van der Waals surface area contributed by atoms with E-state index in [0.717, 1.165) is 40.7 Å². The number of fused-ring (bicyclic) bond motifs is 1. The van der Waals surface area contributed by atoms with E-state index < -0.39 is 64.2 Å². The highest BCUT2D eigenvalue weighted by Crippen LogP contribution is 2.31. The van der Waals surface area contributed by atoms with Crippen LogP contribution >= 0.6 is 0 Å². The van der Waals surface area contributed by atoms with Crippen LogP contribution in [-0.4, -0.2) is 86.3 Å². The number of nitrogens with one attached hydrogen (secondary N) is 2. The number of halogens is 4. The van der Waals surface area contributed by atoms with E-state index in [2.05, 4.69) is 10.6 Å². The number of carbonyl (C=O) groups is 2. The number of urea groups is 1. The molecule has 1 heterocycles. The summed E-state index contributed by atoms with van der Waals surface area (Å²) in [5.41, 5.74) is -0.486. The van der Waals surface area contributed by atoms with Gasteiger partial charge >= 0.3 is 12.2 Å². The van der Waals surface area contributed by atoms with Crippen molar-refractivity contribution in [3.05, 3.63) is 83.7 Å². The van der Waals surface area contributed by atoms with E-state index in [1.165, 1.54) is 42.3 Å². The lowest BCUT2D eigenvalue weighted by atomic mass is 10.0. The van der Waals surface area contributed by atoms with E-state index in [9.17, 15) is 40.7 Å². The highest BCUT2D eigenvalue weighted by Gasteiger charge is 2.33. The number of carbonyl (C=O) groups excluding carboxylic acids is 2. The van der Waals surface area contributed by atoms with Crippen molar-refractivity contribution in [1.29, 1.82) is 0 Å². The van der Waals surface area contributed by atoms with Crippen molar-refractivity contribution in [3.8, 4) is 5.75 Å². The maximum absolute atomic E-state index is 14.3. The second-order valence-corrected chi connectivity index (χ2v) is 14.9. The summed E-state index contributed by atoms with van der Waals surface area (Å²) in [5, 5.41) is 15.3. The molecule has 0 saturated carbocycles. The first-order chi connectivity index (χ1) is 24.5. The molecule has 0 radical (unpaired) electrons. The highest BCUT2D eigenvalue weighted by atomic mass is 32.2. The van der Waals surface area contributed by atoms with Crippen LogP contribution in [0.4, 0.5) is 33.7 Å². The Hall–Kier alpha value is -4.25. The highest BCUT2D eigenvalue weighted by molar-refractivity contribution is 7.89. The number of hydrogen-bond acceptors (Lipinski definition) is 7. The third-order valence-electron chi connectivity index (χ3n) is 8.74. The molecule has 1 aliphatic rings. The molecule has 11 nitrogen and oxygen atoms in total. The van der Waals surface area contributed by atoms with E-state index in [-0.39, 0.29) is 46.8 Å². The van der Waals surface area contributed by atoms with Gasteiger partial charge in [0, 0.05) is 44.0 Å². The maximum Gasteiger partial charge on any atom is 0.416 e. The van der Waals surface area contributed by atoms with Gasteiger partial charge in [-0.3, -0.25) is 4.79 Å². The fourth-order valence-electron chi connectivity index (χ4n) is 5.64. The summed E-state index contributed by atoms with van der Waals surface area (Å²) < 4.78 is 92.6. The predicted octanol–water partition coefficient (Wildman–Crippen LogP) is 6.60. The number of nitrogens with zero attached hydrogens (tertiary/aromatic N) is 2. The first kappa shape index (κ1) is 40.5. The molecule has 284 valence electrons. The lowest BCUT2D eigenvalue weighted by molar-refractivity contribution is -0.137. The van der Waals surface area contributed by atoms with Crippen LogP contribution in [0, 0.1) is 11.7 Å². The third kappa shape index (κ3) is 10.6. The van der Waals surface area contributed by atoms with Crippen LogP contribution in [0.15, 0.2) is 71.6 Å². The van der Waals surface area contributed by atoms with Gasteiger partial charge in [0.1, 0.15) is 11.6 Å². The van der Waals surface area contributed by atoms with Crippen molar-refractivity contribution in [1.82, 2.24) is 9.21 Å². The Morgan fingerprint density at radius 3 is 2.29 bits per heavy atom. The van der Waals surface area contributed by atoms with Gasteiger partial charge in [-0.15, -0.1) is 0 Å². The molecule has 0 aromatic heterocycles. The first-order valence-corrected chi connectivity index (χ1v) is 18.2. The van der Waals surface area contributed by atoms with Crippen molar-refractivity contribution in [3.63, 3.8) is 0 Å². The minimum absolute atomic E-state index is 0.0384. The summed E-state index contributed by atoms with van der Waals surface area (Å²) in [4.78, 5) is 28.5. The maximum atomic E-state index is 14.3. The quantitative estimate of drug-likeness (QED) is 0.221. The zero-order valence-electron chi connectivity index (χ0n) is 29.3. The fourth-order valence-corrected chi connectivity index (χ4v) is 6.82. The van der Waals surface area contributed by atoms with Gasteiger partial charge < -0.3 is 30.1 Å². The van der Waals surface area contributed by atoms with Crippen molar-refractivity contribution < 1.29 is 50.1 Å². The van der Waals surface area contributed by atoms with E-state index >= 15 is 0 Å². The number of amides is 3. The Labute approximate surface area is 300 Å². The molecular weight excluding hydrogens is 708 g/mol. The zero-order valence-corrected chi connectivity index (χ0v) is 30.1. The summed E-state index contributed by atoms with van der Waals surface area (Å²) in [6.07, 6.45) is -3.60. The number of rotatable bonds is 8. The average Bonchev–Trinajstić information content (AvgIpc) is 3.09. The third-order valence-corrected chi connectivity index (χ3v) is 10.6. The minimum atomic E-state index is -4.53. The van der Waals surface area contributed by atoms with Gasteiger partial charge in [0.25, 0.3) is 5.91 Å². The van der Waals surface area contributed by atoms with Crippen LogP contribution in [0.2, 0.25) is 0 Å². The lowest BCUT2D eigenvalue weighted by Gasteiger charge is -2.35. The number of aliphatic hydroxyl groups excluding tert-OH is 1. The first-order valence-electron chi connectivity index (χ1n) is 16.8. The second-order valence-electron chi connectivity index (χ2n) is 12.9. The van der Waals surface area contributed by atoms with Crippen molar-refractivity contribution in [2.75, 3.05) is 44.0 Å². The largest absolute Gasteiger partial charge is 0.490 e. The molecular formula is C36H44F4N4O7S. The van der Waals surface area contributed by atoms with Crippen molar-refractivity contribution >= 4 is 33.3 Å². The van der Waals surface area contributed by atoms with Gasteiger partial charge in [-0.1, -0.05) is 6.92 Å². The van der Waals surface area contributed by atoms with Gasteiger partial charge in [-0.05, 0) is 99.8 Å². The van der Waals surface area contributed by atoms with E-state index in [0.29, 0.717) is 25.9 Å². The zero-order chi connectivity index (χ0) is 38.2. The van der Waals surface area contributed by atoms with Crippen LogP contribution in [0.1, 0.15) is 56.0 Å². The standard InChI is InChI=1S/C36H44F4N4O7S/c1-23-20-44(24(2)22-45)34(46)31-19-29(42-35(47)41-28-12-8-26(9-13-28)36(38,39)40)14-17-32(31)51-25(3)7-5-6-18-50-33(23)21-43(4)52(48,49)30-15-10-27(37)11-16-30/h8-17,19,23-25,33,45H,5-7,18,20-22H2,1-4H3,(H2,41,42,47)/t23-,24-,25+,33-/m1/s1. The smallest absolute Gasteiger partial charge is 0.416 e. The van der Waals surface area contributed by atoms with E-state index in [1.54, 1.807) is 6.92 Å². The summed E-state index contributed by atoms with van der Waals surface area (Å²) in [7, 11) is -2.61. The molecule has 0 saturated heterocycles. The number of alkyl halides is 3. The molecule has 0 bridgehead atoms. The molecule has 1 aliphatic heterocycles. The Kier molecular flexibility index (Phi) is 13.6. The normalized spacial score (nSPS) is 20.0. The molecule has 0 fully saturated rings. The molecule has 3 aromatic rings. The number of aliphatic hydroxyl groups is 1. The number of benzene rings is 3. The Bertz CT molecular complexity index is 1780. The monoisotopic (exact) mass is 752 g/mol. The van der Waals surface area contributed by atoms with Gasteiger partial charge in [0.05, 0.1) is 40.9 Å². The van der Waals surface area contributed by atoms with Crippen molar-refractivity contribution in [2.45, 2.75) is 69.4 Å². The molecule has 3 aromatic carbocycles. The van der Waals surface area contributed by atoms with Gasteiger partial charge in [-0.2, -0.15) is 17.5 Å². The molecule has 3 N–H and O–H groups in total. The predicted molar refractivity (Wildman–Crippen MR) is 187 cm³/mol. The average molecular weight is 753 g/mol. The lowest BCUT2D eigenvalue weighted by Crippen LogP contribution is -2.48. The molecule has 0 spiro atoms. The van der Waals surface area contributed by atoms with Gasteiger partial charge in [0.2, 0.25) is 10.0 Å². The number of ether oxygens (including phenoxy) is 2.